The number of fused-ring (bicyclic) bond motifs is 8. The largest absolute Gasteiger partial charge is 0.456 e. The molecule has 0 fully saturated rings. The lowest BCUT2D eigenvalue weighted by Crippen LogP contribution is -2.21. The second kappa shape index (κ2) is 22.0. The van der Waals surface area contributed by atoms with E-state index in [4.69, 9.17) is 8.83 Å². The molecule has 0 unspecified atom stereocenters. The minimum absolute atomic E-state index is 0.249. The van der Waals surface area contributed by atoms with E-state index in [1.165, 1.54) is 82.4 Å². The molecule has 1 aliphatic heterocycles. The fourth-order valence-electron chi connectivity index (χ4n) is 16.5. The summed E-state index contributed by atoms with van der Waals surface area (Å²) in [5.41, 5.74) is 24.9. The van der Waals surface area contributed by atoms with Gasteiger partial charge in [-0.05, 0) is 187 Å². The fraction of sp³-hybridized carbons (Fsp3) is 0.0526. The zero-order valence-corrected chi connectivity index (χ0v) is 55.0. The van der Waals surface area contributed by atoms with Crippen LogP contribution in [0.15, 0.2) is 330 Å². The first kappa shape index (κ1) is 56.8. The molecule has 0 radical (unpaired) electrons. The highest BCUT2D eigenvalue weighted by Gasteiger charge is 2.32. The molecule has 0 bridgehead atoms. The van der Waals surface area contributed by atoms with Gasteiger partial charge in [0, 0.05) is 67.7 Å². The van der Waals surface area contributed by atoms with Crippen molar-refractivity contribution in [2.24, 2.45) is 0 Å². The van der Waals surface area contributed by atoms with Gasteiger partial charge in [0.05, 0.1) is 11.4 Å². The zero-order valence-electron chi connectivity index (χ0n) is 55.0. The third-order valence-electron chi connectivity index (χ3n) is 21.1. The smallest absolute Gasteiger partial charge is 0.160 e. The topological polar surface area (TPSA) is 32.8 Å². The van der Waals surface area contributed by atoms with E-state index >= 15 is 0 Å². The van der Waals surface area contributed by atoms with Crippen LogP contribution >= 0.6 is 0 Å². The van der Waals surface area contributed by atoms with E-state index in [9.17, 15) is 0 Å². The number of hydrogen-bond donors (Lipinski definition) is 0. The normalized spacial score (nSPS) is 12.5. The van der Waals surface area contributed by atoms with E-state index in [1.54, 1.807) is 0 Å². The average molecular weight is 1270 g/mol. The Labute approximate surface area is 573 Å². The molecule has 4 nitrogen and oxygen atoms in total. The van der Waals surface area contributed by atoms with Crippen LogP contribution in [0.25, 0.3) is 165 Å². The molecule has 17 aromatic carbocycles. The number of para-hydroxylation sites is 3. The predicted molar refractivity (Wildman–Crippen MR) is 418 cm³/mol. The summed E-state index contributed by atoms with van der Waals surface area (Å²) in [5, 5.41) is 16.0. The van der Waals surface area contributed by atoms with Crippen molar-refractivity contribution in [1.29, 1.82) is 0 Å². The highest BCUT2D eigenvalue weighted by Crippen LogP contribution is 2.55. The summed E-state index contributed by atoms with van der Waals surface area (Å²) in [6.07, 6.45) is 0. The van der Waals surface area contributed by atoms with Crippen LogP contribution in [0.4, 0.5) is 28.4 Å². The minimum Gasteiger partial charge on any atom is -0.456 e. The Kier molecular flexibility index (Phi) is 12.6. The van der Waals surface area contributed by atoms with Gasteiger partial charge < -0.3 is 18.6 Å². The molecular weight excluding hydrogens is 1200 g/mol. The van der Waals surface area contributed by atoms with Crippen LogP contribution < -0.4 is 9.80 Å². The summed E-state index contributed by atoms with van der Waals surface area (Å²) >= 11 is 0. The van der Waals surface area contributed by atoms with E-state index in [-0.39, 0.29) is 5.41 Å². The summed E-state index contributed by atoms with van der Waals surface area (Å²) in [6.45, 7) is 7.61. The second-order valence-electron chi connectivity index (χ2n) is 27.8. The van der Waals surface area contributed by atoms with E-state index in [0.29, 0.717) is 6.54 Å². The molecule has 0 aliphatic carbocycles. The van der Waals surface area contributed by atoms with E-state index in [1.807, 2.05) is 0 Å². The van der Waals surface area contributed by atoms with Crippen molar-refractivity contribution < 1.29 is 8.83 Å². The van der Waals surface area contributed by atoms with Crippen LogP contribution in [0, 0.1) is 0 Å². The maximum atomic E-state index is 7.85. The average Bonchev–Trinajstić information content (AvgIpc) is 1.56. The quantitative estimate of drug-likeness (QED) is 0.135. The second-order valence-corrected chi connectivity index (χ2v) is 27.8. The minimum atomic E-state index is -0.249. The van der Waals surface area contributed by atoms with Crippen LogP contribution in [0.5, 0.6) is 0 Å². The molecule has 3 heterocycles. The number of rotatable bonds is 9. The van der Waals surface area contributed by atoms with Crippen LogP contribution in [0.1, 0.15) is 31.9 Å². The van der Waals surface area contributed by atoms with Crippen LogP contribution in [-0.4, -0.2) is 0 Å². The number of anilines is 5. The Bertz CT molecular complexity index is 6480. The molecule has 0 saturated carbocycles. The third-order valence-corrected chi connectivity index (χ3v) is 21.1. The van der Waals surface area contributed by atoms with E-state index < -0.39 is 0 Å². The Balaban J connectivity index is 0.866. The Morgan fingerprint density at radius 3 is 1.70 bits per heavy atom. The molecule has 0 N–H and O–H groups in total. The molecule has 20 rings (SSSR count). The Morgan fingerprint density at radius 2 is 0.899 bits per heavy atom. The van der Waals surface area contributed by atoms with Crippen molar-refractivity contribution in [2.75, 3.05) is 9.80 Å². The molecule has 4 heteroatoms. The van der Waals surface area contributed by atoms with Crippen molar-refractivity contribution >= 4 is 126 Å². The van der Waals surface area contributed by atoms with Gasteiger partial charge in [0.25, 0.3) is 0 Å². The number of benzene rings is 16. The molecular formula is C95H64N2O2. The number of furan rings is 2. The van der Waals surface area contributed by atoms with E-state index in [0.717, 1.165) is 122 Å². The van der Waals surface area contributed by atoms with Gasteiger partial charge in [-0.25, -0.2) is 0 Å². The molecule has 19 aromatic rings. The van der Waals surface area contributed by atoms with Crippen molar-refractivity contribution in [1.82, 2.24) is 0 Å². The standard InChI is InChI=1S/C95H64N2O2/c1-95(2,3)66-53-80-81-55-68(96-57-65-30-22-38-71(59-23-6-4-7-24-59)88(65)77-37-17-18-41-82(77)96)56-87-91(81)93-85(98-87)50-48-72(61-45-43-60(44-46-61)70-34-14-15-35-73(70)75-40-21-29-64-51-62-26-10-11-27-63(62)52-79(64)75)89(93)78-47-49-84(94-92(78)90(80)86(54-66)99-94)97(67-31-8-5-9-32-67)83-42-19-16-36-76(83)74-39-20-28-58-25-12-13-33-69(58)74/h4-56H,57H2,1-3H3. The first-order valence-electron chi connectivity index (χ1n) is 34.4. The van der Waals surface area contributed by atoms with Gasteiger partial charge in [-0.3, -0.25) is 0 Å². The zero-order chi connectivity index (χ0) is 65.6. The van der Waals surface area contributed by atoms with Gasteiger partial charge in [0.1, 0.15) is 16.7 Å². The predicted octanol–water partition coefficient (Wildman–Crippen LogP) is 27.1. The third kappa shape index (κ3) is 8.92. The van der Waals surface area contributed by atoms with Crippen molar-refractivity contribution in [2.45, 2.75) is 32.7 Å². The van der Waals surface area contributed by atoms with Gasteiger partial charge in [-0.2, -0.15) is 0 Å². The highest BCUT2D eigenvalue weighted by atomic mass is 16.3. The number of nitrogens with zero attached hydrogens (tertiary/aromatic N) is 2. The maximum absolute atomic E-state index is 7.85. The van der Waals surface area contributed by atoms with Gasteiger partial charge in [-0.1, -0.05) is 269 Å². The molecule has 0 atom stereocenters. The van der Waals surface area contributed by atoms with Crippen LogP contribution in [-0.2, 0) is 12.0 Å². The molecule has 0 spiro atoms. The van der Waals surface area contributed by atoms with Crippen molar-refractivity contribution in [3.05, 3.63) is 333 Å². The first-order valence-corrected chi connectivity index (χ1v) is 34.4. The summed E-state index contributed by atoms with van der Waals surface area (Å²) in [4.78, 5) is 4.94. The van der Waals surface area contributed by atoms with Crippen molar-refractivity contribution in [3.63, 3.8) is 0 Å². The Morgan fingerprint density at radius 1 is 0.313 bits per heavy atom. The first-order chi connectivity index (χ1) is 48.7. The molecule has 99 heavy (non-hydrogen) atoms. The Hall–Kier alpha value is -12.5. The molecule has 1 aliphatic rings. The van der Waals surface area contributed by atoms with Gasteiger partial charge in [0.15, 0.2) is 5.58 Å². The lowest BCUT2D eigenvalue weighted by Gasteiger charge is -2.34. The molecule has 0 saturated heterocycles. The SMILES string of the molecule is CC(C)(C)c1cc2oc3c(N(c4ccccc4)c4ccccc4-c4cccc5ccccc45)ccc4c5c(-c6ccc(-c7ccccc7-c7cccc8cc9ccccc9cc78)cc6)ccc6oc7cc(N8Cc9cccc(-c%10ccccc%10)c9-c9ccccc98)cc(c(c1)c2c34)c7c65. The summed E-state index contributed by atoms with van der Waals surface area (Å²) < 4.78 is 15.3. The molecule has 2 aromatic heterocycles. The maximum Gasteiger partial charge on any atom is 0.160 e. The fourth-order valence-corrected chi connectivity index (χ4v) is 16.5. The molecule has 0 amide bonds. The van der Waals surface area contributed by atoms with Gasteiger partial charge >= 0.3 is 0 Å². The van der Waals surface area contributed by atoms with Gasteiger partial charge in [0.2, 0.25) is 0 Å². The lowest BCUT2D eigenvalue weighted by atomic mass is 9.84. The molecule has 466 valence electrons. The summed E-state index contributed by atoms with van der Waals surface area (Å²) in [5.74, 6) is 0. The monoisotopic (exact) mass is 1260 g/mol. The summed E-state index contributed by atoms with van der Waals surface area (Å²) in [7, 11) is 0. The highest BCUT2D eigenvalue weighted by molar-refractivity contribution is 6.39. The number of hydrogen-bond acceptors (Lipinski definition) is 4. The van der Waals surface area contributed by atoms with Crippen LogP contribution in [0.2, 0.25) is 0 Å². The summed E-state index contributed by atoms with van der Waals surface area (Å²) in [6, 6.07) is 119. The lowest BCUT2D eigenvalue weighted by molar-refractivity contribution is 0.588. The van der Waals surface area contributed by atoms with Crippen molar-refractivity contribution in [3.8, 4) is 66.8 Å². The van der Waals surface area contributed by atoms with Gasteiger partial charge in [-0.15, -0.1) is 0 Å². The van der Waals surface area contributed by atoms with Crippen LogP contribution in [0.3, 0.4) is 0 Å². The van der Waals surface area contributed by atoms with E-state index in [2.05, 4.69) is 352 Å².